The fraction of sp³-hybridized carbons (Fsp3) is 0.333. The molecule has 37 heavy (non-hydrogen) atoms. The molecule has 1 N–H and O–H groups in total. The fourth-order valence-electron chi connectivity index (χ4n) is 3.75. The van der Waals surface area contributed by atoms with E-state index in [2.05, 4.69) is 0 Å². The van der Waals surface area contributed by atoms with Crippen LogP contribution in [-0.4, -0.2) is 41.1 Å². The number of carboxylic acid groups (broad SMARTS) is 1. The Balaban J connectivity index is 1.75. The summed E-state index contributed by atoms with van der Waals surface area (Å²) in [5.41, 5.74) is 1.74. The van der Waals surface area contributed by atoms with E-state index >= 15 is 0 Å². The number of carbonyl (C=O) groups excluding carboxylic acids is 1. The van der Waals surface area contributed by atoms with Crippen molar-refractivity contribution >= 4 is 12.1 Å². The monoisotopic (exact) mass is 521 g/mol. The lowest BCUT2D eigenvalue weighted by Crippen LogP contribution is -2.44. The number of aliphatic carboxylic acids is 1. The number of ether oxygens (including phenoxy) is 2. The van der Waals surface area contributed by atoms with Gasteiger partial charge in [0.15, 0.2) is 6.23 Å². The first-order chi connectivity index (χ1) is 17.4. The van der Waals surface area contributed by atoms with Crippen molar-refractivity contribution in [1.82, 2.24) is 4.90 Å². The standard InChI is InChI=1S/C27H27F4NO5/c1-4-19(23(28)10-16(2)27(29,30)31)15-36-26(35)32-14-22-13-21(8-9-24(22)37-17(32)3)20-7-5-6-18(11-20)12-25(33)34/h5-11,13,17H,4,12,14-15H2,1-3H3,(H,33,34)/b16-10+,23-19-. The van der Waals surface area contributed by atoms with Gasteiger partial charge in [-0.1, -0.05) is 37.3 Å². The van der Waals surface area contributed by atoms with Crippen LogP contribution in [0.4, 0.5) is 22.4 Å². The molecule has 2 aromatic carbocycles. The highest BCUT2D eigenvalue weighted by Gasteiger charge is 2.31. The summed E-state index contributed by atoms with van der Waals surface area (Å²) in [6, 6.07) is 12.5. The van der Waals surface area contributed by atoms with Gasteiger partial charge < -0.3 is 14.6 Å². The summed E-state index contributed by atoms with van der Waals surface area (Å²) in [5.74, 6) is -1.46. The Morgan fingerprint density at radius 3 is 2.54 bits per heavy atom. The smallest absolute Gasteiger partial charge is 0.413 e. The van der Waals surface area contributed by atoms with Gasteiger partial charge >= 0.3 is 18.2 Å². The van der Waals surface area contributed by atoms with E-state index in [1.165, 1.54) is 4.90 Å². The number of amides is 1. The maximum Gasteiger partial charge on any atom is 0.413 e. The molecule has 0 radical (unpaired) electrons. The first kappa shape index (κ1) is 27.8. The highest BCUT2D eigenvalue weighted by molar-refractivity contribution is 5.73. The lowest BCUT2D eigenvalue weighted by atomic mass is 9.99. The van der Waals surface area contributed by atoms with Crippen LogP contribution in [0.5, 0.6) is 5.75 Å². The van der Waals surface area contributed by atoms with E-state index in [0.717, 1.165) is 18.1 Å². The fourth-order valence-corrected chi connectivity index (χ4v) is 3.75. The van der Waals surface area contributed by atoms with Crippen molar-refractivity contribution in [2.45, 2.75) is 52.6 Å². The number of nitrogens with zero attached hydrogens (tertiary/aromatic N) is 1. The molecular formula is C27H27F4NO5. The topological polar surface area (TPSA) is 76.1 Å². The van der Waals surface area contributed by atoms with Crippen LogP contribution in [0, 0.1) is 0 Å². The molecule has 3 rings (SSSR count). The van der Waals surface area contributed by atoms with Gasteiger partial charge in [-0.2, -0.15) is 13.2 Å². The SMILES string of the molecule is CC/C(COC(=O)N1Cc2cc(-c3cccc(CC(=O)O)c3)ccc2OC1C)=C(F)\C=C(/C)C(F)(F)F. The predicted octanol–water partition coefficient (Wildman–Crippen LogP) is 6.80. The summed E-state index contributed by atoms with van der Waals surface area (Å²) in [5, 5.41) is 9.05. The molecule has 10 heteroatoms. The molecule has 0 bridgehead atoms. The molecule has 1 heterocycles. The molecule has 0 saturated heterocycles. The van der Waals surface area contributed by atoms with Gasteiger partial charge in [-0.3, -0.25) is 9.69 Å². The molecule has 1 aliphatic rings. The summed E-state index contributed by atoms with van der Waals surface area (Å²) in [7, 11) is 0. The molecule has 1 amide bonds. The first-order valence-corrected chi connectivity index (χ1v) is 11.6. The predicted molar refractivity (Wildman–Crippen MR) is 128 cm³/mol. The van der Waals surface area contributed by atoms with E-state index in [-0.39, 0.29) is 25.0 Å². The Labute approximate surface area is 211 Å². The normalized spacial score (nSPS) is 16.5. The van der Waals surface area contributed by atoms with Gasteiger partial charge in [0.2, 0.25) is 0 Å². The lowest BCUT2D eigenvalue weighted by Gasteiger charge is -2.34. The lowest BCUT2D eigenvalue weighted by molar-refractivity contribution is -0.136. The summed E-state index contributed by atoms with van der Waals surface area (Å²) < 4.78 is 63.6. The molecule has 198 valence electrons. The van der Waals surface area contributed by atoms with Crippen LogP contribution in [0.15, 0.2) is 65.5 Å². The van der Waals surface area contributed by atoms with Gasteiger partial charge in [-0.05, 0) is 55.2 Å². The minimum Gasteiger partial charge on any atom is -0.481 e. The number of hydrogen-bond donors (Lipinski definition) is 1. The van der Waals surface area contributed by atoms with Crippen molar-refractivity contribution < 1.29 is 41.7 Å². The zero-order chi connectivity index (χ0) is 27.3. The number of rotatable bonds is 7. The number of carboxylic acids is 1. The number of hydrogen-bond acceptors (Lipinski definition) is 4. The maximum atomic E-state index is 14.4. The van der Waals surface area contributed by atoms with Gasteiger partial charge in [0.05, 0.1) is 13.0 Å². The Morgan fingerprint density at radius 1 is 1.19 bits per heavy atom. The third-order valence-corrected chi connectivity index (χ3v) is 5.91. The third-order valence-electron chi connectivity index (χ3n) is 5.91. The number of carbonyl (C=O) groups is 2. The van der Waals surface area contributed by atoms with Crippen LogP contribution in [-0.2, 0) is 22.5 Å². The van der Waals surface area contributed by atoms with Gasteiger partial charge in [0.1, 0.15) is 18.2 Å². The number of benzene rings is 2. The second kappa shape index (κ2) is 11.5. The molecule has 0 saturated carbocycles. The molecular weight excluding hydrogens is 494 g/mol. The minimum atomic E-state index is -4.66. The molecule has 0 spiro atoms. The Kier molecular flexibility index (Phi) is 8.62. The first-order valence-electron chi connectivity index (χ1n) is 11.6. The van der Waals surface area contributed by atoms with Crippen molar-refractivity contribution in [2.24, 2.45) is 0 Å². The van der Waals surface area contributed by atoms with Crippen molar-refractivity contribution in [3.63, 3.8) is 0 Å². The molecule has 2 aromatic rings. The highest BCUT2D eigenvalue weighted by atomic mass is 19.4. The molecule has 0 aliphatic carbocycles. The average Bonchev–Trinajstić information content (AvgIpc) is 2.82. The van der Waals surface area contributed by atoms with Gasteiger partial charge in [-0.25, -0.2) is 9.18 Å². The molecule has 0 aromatic heterocycles. The highest BCUT2D eigenvalue weighted by Crippen LogP contribution is 2.33. The molecule has 0 fully saturated rings. The Bertz CT molecular complexity index is 1240. The summed E-state index contributed by atoms with van der Waals surface area (Å²) >= 11 is 0. The van der Waals surface area contributed by atoms with Gasteiger partial charge in [0.25, 0.3) is 0 Å². The number of fused-ring (bicyclic) bond motifs is 1. The second-order valence-electron chi connectivity index (χ2n) is 8.62. The maximum absolute atomic E-state index is 14.4. The van der Waals surface area contributed by atoms with E-state index in [1.807, 2.05) is 18.2 Å². The van der Waals surface area contributed by atoms with E-state index in [9.17, 15) is 27.2 Å². The molecule has 6 nitrogen and oxygen atoms in total. The molecule has 1 aliphatic heterocycles. The van der Waals surface area contributed by atoms with Gasteiger partial charge in [0, 0.05) is 16.7 Å². The van der Waals surface area contributed by atoms with E-state index in [0.29, 0.717) is 23.0 Å². The second-order valence-corrected chi connectivity index (χ2v) is 8.62. The molecule has 1 unspecified atom stereocenters. The van der Waals surface area contributed by atoms with E-state index in [4.69, 9.17) is 14.6 Å². The van der Waals surface area contributed by atoms with E-state index in [1.54, 1.807) is 38.1 Å². The van der Waals surface area contributed by atoms with Crippen LogP contribution >= 0.6 is 0 Å². The Hall–Kier alpha value is -3.82. The van der Waals surface area contributed by atoms with Crippen LogP contribution in [0.3, 0.4) is 0 Å². The number of halogens is 4. The minimum absolute atomic E-state index is 0.0555. The third kappa shape index (κ3) is 7.12. The number of alkyl halides is 3. The summed E-state index contributed by atoms with van der Waals surface area (Å²) in [6.45, 7) is 3.57. The van der Waals surface area contributed by atoms with Crippen LogP contribution < -0.4 is 4.74 Å². The quantitative estimate of drug-likeness (QED) is 0.320. The van der Waals surface area contributed by atoms with Crippen molar-refractivity contribution in [3.05, 3.63) is 76.6 Å². The average molecular weight is 522 g/mol. The van der Waals surface area contributed by atoms with E-state index < -0.39 is 42.5 Å². The van der Waals surface area contributed by atoms with Crippen molar-refractivity contribution in [3.8, 4) is 16.9 Å². The summed E-state index contributed by atoms with van der Waals surface area (Å²) in [6.07, 6.45) is -5.82. The van der Waals surface area contributed by atoms with Crippen LogP contribution in [0.1, 0.15) is 38.3 Å². The van der Waals surface area contributed by atoms with Crippen LogP contribution in [0.2, 0.25) is 0 Å². The molecule has 1 atom stereocenters. The number of allylic oxidation sites excluding steroid dienone is 3. The van der Waals surface area contributed by atoms with Crippen LogP contribution in [0.25, 0.3) is 11.1 Å². The largest absolute Gasteiger partial charge is 0.481 e. The zero-order valence-corrected chi connectivity index (χ0v) is 20.6. The summed E-state index contributed by atoms with van der Waals surface area (Å²) in [4.78, 5) is 25.1. The van der Waals surface area contributed by atoms with Crippen molar-refractivity contribution in [2.75, 3.05) is 6.61 Å². The van der Waals surface area contributed by atoms with Gasteiger partial charge in [-0.15, -0.1) is 0 Å². The Morgan fingerprint density at radius 2 is 1.89 bits per heavy atom. The zero-order valence-electron chi connectivity index (χ0n) is 20.6. The van der Waals surface area contributed by atoms with Crippen molar-refractivity contribution in [1.29, 1.82) is 0 Å².